The second-order valence-corrected chi connectivity index (χ2v) is 7.58. The summed E-state index contributed by atoms with van der Waals surface area (Å²) in [6, 6.07) is 4.28. The van der Waals surface area contributed by atoms with Crippen LogP contribution in [0.3, 0.4) is 0 Å². The molecule has 1 atom stereocenters. The lowest BCUT2D eigenvalue weighted by molar-refractivity contribution is -0.133. The molecular weight excluding hydrogens is 356 g/mol. The van der Waals surface area contributed by atoms with E-state index < -0.39 is 0 Å². The Morgan fingerprint density at radius 1 is 1.36 bits per heavy atom. The highest BCUT2D eigenvalue weighted by Gasteiger charge is 2.28. The predicted molar refractivity (Wildman–Crippen MR) is 110 cm³/mol. The second kappa shape index (κ2) is 9.73. The van der Waals surface area contributed by atoms with E-state index in [1.54, 1.807) is 7.05 Å². The molecule has 0 radical (unpaired) electrons. The number of hydrogen-bond acceptors (Lipinski definition) is 5. The minimum atomic E-state index is 0.0420. The average molecular weight is 389 g/mol. The number of anilines is 1. The van der Waals surface area contributed by atoms with Crippen molar-refractivity contribution < 1.29 is 9.53 Å². The zero-order valence-electron chi connectivity index (χ0n) is 17.1. The summed E-state index contributed by atoms with van der Waals surface area (Å²) in [5.74, 6) is 2.02. The Labute approximate surface area is 167 Å². The van der Waals surface area contributed by atoms with Gasteiger partial charge in [0, 0.05) is 63.5 Å². The van der Waals surface area contributed by atoms with Gasteiger partial charge in [0.05, 0.1) is 13.2 Å². The summed E-state index contributed by atoms with van der Waals surface area (Å²) in [4.78, 5) is 25.3. The number of guanidine groups is 1. The van der Waals surface area contributed by atoms with E-state index in [1.165, 1.54) is 0 Å². The van der Waals surface area contributed by atoms with Crippen LogP contribution in [0.5, 0.6) is 0 Å². The van der Waals surface area contributed by atoms with Crippen molar-refractivity contribution in [1.82, 2.24) is 20.5 Å². The number of aromatic nitrogens is 1. The zero-order valence-corrected chi connectivity index (χ0v) is 17.1. The van der Waals surface area contributed by atoms with Gasteiger partial charge in [0.15, 0.2) is 5.96 Å². The van der Waals surface area contributed by atoms with E-state index in [0.717, 1.165) is 63.2 Å². The van der Waals surface area contributed by atoms with Gasteiger partial charge in [-0.05, 0) is 12.5 Å². The third-order valence-corrected chi connectivity index (χ3v) is 5.18. The van der Waals surface area contributed by atoms with E-state index in [-0.39, 0.29) is 17.9 Å². The molecule has 3 heterocycles. The van der Waals surface area contributed by atoms with Crippen molar-refractivity contribution >= 4 is 17.7 Å². The predicted octanol–water partition coefficient (Wildman–Crippen LogP) is 0.840. The molecule has 1 aromatic rings. The van der Waals surface area contributed by atoms with Crippen molar-refractivity contribution in [1.29, 1.82) is 0 Å². The van der Waals surface area contributed by atoms with Crippen LogP contribution in [0.2, 0.25) is 0 Å². The summed E-state index contributed by atoms with van der Waals surface area (Å²) < 4.78 is 5.45. The Balaban J connectivity index is 1.55. The molecule has 2 N–H and O–H groups in total. The summed E-state index contributed by atoms with van der Waals surface area (Å²) in [6.45, 7) is 9.26. The third kappa shape index (κ3) is 5.13. The molecule has 1 amide bonds. The molecule has 3 rings (SSSR count). The third-order valence-electron chi connectivity index (χ3n) is 5.18. The van der Waals surface area contributed by atoms with Crippen LogP contribution in [0.15, 0.2) is 23.3 Å². The van der Waals surface area contributed by atoms with Crippen molar-refractivity contribution in [2.24, 2.45) is 10.9 Å². The Morgan fingerprint density at radius 3 is 2.86 bits per heavy atom. The molecule has 0 aliphatic carbocycles. The topological polar surface area (TPSA) is 82.1 Å². The zero-order chi connectivity index (χ0) is 19.9. The molecule has 28 heavy (non-hydrogen) atoms. The Morgan fingerprint density at radius 2 is 2.14 bits per heavy atom. The number of likely N-dealkylation sites (tertiary alicyclic amines) is 1. The van der Waals surface area contributed by atoms with E-state index in [1.807, 2.05) is 31.0 Å². The first kappa shape index (κ1) is 20.4. The van der Waals surface area contributed by atoms with Crippen LogP contribution >= 0.6 is 0 Å². The molecule has 1 aromatic heterocycles. The van der Waals surface area contributed by atoms with E-state index in [0.29, 0.717) is 6.54 Å². The monoisotopic (exact) mass is 388 g/mol. The van der Waals surface area contributed by atoms with Crippen molar-refractivity contribution in [3.8, 4) is 0 Å². The van der Waals surface area contributed by atoms with Gasteiger partial charge in [-0.2, -0.15) is 0 Å². The van der Waals surface area contributed by atoms with Crippen LogP contribution in [-0.4, -0.2) is 74.2 Å². The number of carbonyl (C=O) groups excluding carboxylic acids is 1. The number of pyridine rings is 1. The van der Waals surface area contributed by atoms with Gasteiger partial charge >= 0.3 is 0 Å². The maximum atomic E-state index is 12.2. The van der Waals surface area contributed by atoms with Crippen LogP contribution in [0.4, 0.5) is 5.82 Å². The maximum Gasteiger partial charge on any atom is 0.225 e. The molecule has 154 valence electrons. The fourth-order valence-corrected chi connectivity index (χ4v) is 3.64. The van der Waals surface area contributed by atoms with E-state index in [4.69, 9.17) is 4.74 Å². The van der Waals surface area contributed by atoms with E-state index in [2.05, 4.69) is 31.6 Å². The van der Waals surface area contributed by atoms with Crippen molar-refractivity contribution in [2.75, 3.05) is 51.3 Å². The van der Waals surface area contributed by atoms with Crippen LogP contribution in [-0.2, 0) is 16.1 Å². The summed E-state index contributed by atoms with van der Waals surface area (Å²) in [6.07, 6.45) is 2.77. The number of morpholine rings is 1. The van der Waals surface area contributed by atoms with Crippen LogP contribution in [0.25, 0.3) is 0 Å². The van der Waals surface area contributed by atoms with Gasteiger partial charge in [-0.15, -0.1) is 0 Å². The minimum Gasteiger partial charge on any atom is -0.378 e. The summed E-state index contributed by atoms with van der Waals surface area (Å²) >= 11 is 0. The number of aliphatic imine (C=N–C) groups is 1. The molecule has 0 bridgehead atoms. The maximum absolute atomic E-state index is 12.2. The quantitative estimate of drug-likeness (QED) is 0.575. The highest BCUT2D eigenvalue weighted by Crippen LogP contribution is 2.18. The first-order chi connectivity index (χ1) is 13.6. The standard InChI is InChI=1S/C20H32N6O2/c1-15(2)19(27)26-8-6-17(14-26)24-20(21-3)23-13-16-5-4-7-22-18(16)25-9-11-28-12-10-25/h4-5,7,15,17H,6,8-14H2,1-3H3,(H2,21,23,24). The Kier molecular flexibility index (Phi) is 7.08. The molecule has 1 unspecified atom stereocenters. The van der Waals surface area contributed by atoms with Crippen LogP contribution in [0.1, 0.15) is 25.8 Å². The normalized spacial score (nSPS) is 20.6. The SMILES string of the molecule is CN=C(NCc1cccnc1N1CCOCC1)NC1CCN(C(=O)C(C)C)C1. The highest BCUT2D eigenvalue weighted by atomic mass is 16.5. The molecule has 2 saturated heterocycles. The molecule has 0 aromatic carbocycles. The molecule has 0 saturated carbocycles. The molecular formula is C20H32N6O2. The summed E-state index contributed by atoms with van der Waals surface area (Å²) in [5, 5.41) is 6.85. The van der Waals surface area contributed by atoms with Gasteiger partial charge < -0.3 is 25.2 Å². The fourth-order valence-electron chi connectivity index (χ4n) is 3.64. The minimum absolute atomic E-state index is 0.0420. The molecule has 8 nitrogen and oxygen atoms in total. The van der Waals surface area contributed by atoms with E-state index >= 15 is 0 Å². The first-order valence-electron chi connectivity index (χ1n) is 10.1. The number of amides is 1. The van der Waals surface area contributed by atoms with Gasteiger partial charge in [0.25, 0.3) is 0 Å². The number of nitrogens with one attached hydrogen (secondary N) is 2. The molecule has 2 fully saturated rings. The average Bonchev–Trinajstić information content (AvgIpc) is 3.19. The fraction of sp³-hybridized carbons (Fsp3) is 0.650. The Bertz CT molecular complexity index is 687. The van der Waals surface area contributed by atoms with Crippen molar-refractivity contribution in [2.45, 2.75) is 32.9 Å². The number of hydrogen-bond donors (Lipinski definition) is 2. The molecule has 8 heteroatoms. The molecule has 2 aliphatic rings. The summed E-state index contributed by atoms with van der Waals surface area (Å²) in [5.41, 5.74) is 1.13. The first-order valence-corrected chi connectivity index (χ1v) is 10.1. The van der Waals surface area contributed by atoms with Gasteiger partial charge in [0.2, 0.25) is 5.91 Å². The van der Waals surface area contributed by atoms with Crippen molar-refractivity contribution in [3.63, 3.8) is 0 Å². The van der Waals surface area contributed by atoms with Crippen LogP contribution in [0, 0.1) is 5.92 Å². The van der Waals surface area contributed by atoms with E-state index in [9.17, 15) is 4.79 Å². The lowest BCUT2D eigenvalue weighted by Gasteiger charge is -2.29. The number of nitrogens with zero attached hydrogens (tertiary/aromatic N) is 4. The smallest absolute Gasteiger partial charge is 0.225 e. The van der Waals surface area contributed by atoms with Crippen molar-refractivity contribution in [3.05, 3.63) is 23.9 Å². The molecule has 2 aliphatic heterocycles. The lowest BCUT2D eigenvalue weighted by atomic mass is 10.2. The number of rotatable bonds is 5. The Hall–Kier alpha value is -2.35. The van der Waals surface area contributed by atoms with Gasteiger partial charge in [-0.25, -0.2) is 4.98 Å². The van der Waals surface area contributed by atoms with Gasteiger partial charge in [-0.3, -0.25) is 9.79 Å². The number of carbonyl (C=O) groups is 1. The van der Waals surface area contributed by atoms with Gasteiger partial charge in [-0.1, -0.05) is 19.9 Å². The lowest BCUT2D eigenvalue weighted by Crippen LogP contribution is -2.45. The largest absolute Gasteiger partial charge is 0.378 e. The van der Waals surface area contributed by atoms with Gasteiger partial charge in [0.1, 0.15) is 5.82 Å². The molecule has 0 spiro atoms. The highest BCUT2D eigenvalue weighted by molar-refractivity contribution is 5.81. The van der Waals surface area contributed by atoms with Crippen LogP contribution < -0.4 is 15.5 Å². The second-order valence-electron chi connectivity index (χ2n) is 7.58. The number of ether oxygens (including phenoxy) is 1. The summed E-state index contributed by atoms with van der Waals surface area (Å²) in [7, 11) is 1.77.